The predicted molar refractivity (Wildman–Crippen MR) is 29.2 cm³/mol. The van der Waals surface area contributed by atoms with Gasteiger partial charge in [-0.2, -0.15) is 0 Å². The Balaban J connectivity index is 0.000000250. The predicted octanol–water partition coefficient (Wildman–Crippen LogP) is 1.89. The second-order valence-electron chi connectivity index (χ2n) is 0.753. The van der Waals surface area contributed by atoms with Gasteiger partial charge in [0, 0.05) is 26.2 Å². The van der Waals surface area contributed by atoms with E-state index in [1.54, 1.807) is 0 Å². The van der Waals surface area contributed by atoms with E-state index >= 15 is 0 Å². The van der Waals surface area contributed by atoms with Crippen molar-refractivity contribution in [3.05, 3.63) is 11.5 Å². The van der Waals surface area contributed by atoms with Gasteiger partial charge in [-0.25, -0.2) is 0 Å². The first-order chi connectivity index (χ1) is 2.50. The fourth-order valence-corrected chi connectivity index (χ4v) is 1.77. The van der Waals surface area contributed by atoms with Gasteiger partial charge in [0.15, 0.2) is 0 Å². The first-order valence-electron chi connectivity index (χ1n) is 1.43. The minimum absolute atomic E-state index is 0. The van der Waals surface area contributed by atoms with Gasteiger partial charge in [-0.15, -0.1) is 0 Å². The molecule has 0 amide bonds. The topological polar surface area (TPSA) is 0 Å². The van der Waals surface area contributed by atoms with Gasteiger partial charge in [0.2, 0.25) is 0 Å². The third-order valence-corrected chi connectivity index (χ3v) is 2.30. The molecule has 0 bridgehead atoms. The van der Waals surface area contributed by atoms with Crippen molar-refractivity contribution < 1.29 is 20.4 Å². The Morgan fingerprint density at radius 3 is 2.50 bits per heavy atom. The molecule has 1 rings (SSSR count). The molecule has 0 nitrogen and oxygen atoms in total. The van der Waals surface area contributed by atoms with Crippen LogP contribution in [0.1, 0.15) is 0 Å². The van der Waals surface area contributed by atoms with Gasteiger partial charge in [-0.05, 0) is 5.41 Å². The smallest absolute Gasteiger partial charge is 0.0229 e. The Hall–Kier alpha value is 1.10. The monoisotopic (exact) mass is 210 g/mol. The van der Waals surface area contributed by atoms with E-state index in [1.165, 1.54) is 5.75 Å². The van der Waals surface area contributed by atoms with Gasteiger partial charge in [0.1, 0.15) is 0 Å². The van der Waals surface area contributed by atoms with Crippen LogP contribution in [-0.2, 0) is 20.4 Å². The standard InChI is InChI=1S/C3H4S2.Pd/c1-2-4-5-3-1;/h1-2H,3H2;. The molecule has 0 fully saturated rings. The minimum atomic E-state index is 0. The van der Waals surface area contributed by atoms with Crippen molar-refractivity contribution in [3.63, 3.8) is 0 Å². The summed E-state index contributed by atoms with van der Waals surface area (Å²) in [6.45, 7) is 0. The van der Waals surface area contributed by atoms with Gasteiger partial charge in [-0.3, -0.25) is 0 Å². The summed E-state index contributed by atoms with van der Waals surface area (Å²) in [4.78, 5) is 0. The van der Waals surface area contributed by atoms with Gasteiger partial charge in [0.05, 0.1) is 0 Å². The molecule has 0 saturated carbocycles. The molecular weight excluding hydrogens is 207 g/mol. The van der Waals surface area contributed by atoms with Crippen molar-refractivity contribution in [1.29, 1.82) is 0 Å². The van der Waals surface area contributed by atoms with Crippen LogP contribution in [0.15, 0.2) is 11.5 Å². The molecule has 0 aliphatic carbocycles. The van der Waals surface area contributed by atoms with Gasteiger partial charge < -0.3 is 0 Å². The van der Waals surface area contributed by atoms with Crippen LogP contribution in [0, 0.1) is 0 Å². The summed E-state index contributed by atoms with van der Waals surface area (Å²) in [6.07, 6.45) is 2.16. The molecule has 3 heteroatoms. The fourth-order valence-electron chi connectivity index (χ4n) is 0.196. The van der Waals surface area contributed by atoms with E-state index in [-0.39, 0.29) is 20.4 Å². The Kier molecular flexibility index (Phi) is 5.05. The van der Waals surface area contributed by atoms with E-state index in [0.29, 0.717) is 0 Å². The van der Waals surface area contributed by atoms with Crippen LogP contribution < -0.4 is 0 Å². The number of hydrogen-bond acceptors (Lipinski definition) is 2. The van der Waals surface area contributed by atoms with E-state index in [2.05, 4.69) is 11.5 Å². The van der Waals surface area contributed by atoms with Crippen LogP contribution >= 0.6 is 21.6 Å². The zero-order valence-electron chi connectivity index (χ0n) is 2.99. The summed E-state index contributed by atoms with van der Waals surface area (Å²) < 4.78 is 0. The second-order valence-corrected chi connectivity index (χ2v) is 3.07. The fraction of sp³-hybridized carbons (Fsp3) is 0.333. The van der Waals surface area contributed by atoms with Gasteiger partial charge >= 0.3 is 0 Å². The van der Waals surface area contributed by atoms with Gasteiger partial charge in [0.25, 0.3) is 0 Å². The van der Waals surface area contributed by atoms with E-state index in [0.717, 1.165) is 0 Å². The summed E-state index contributed by atoms with van der Waals surface area (Å²) >= 11 is 0. The van der Waals surface area contributed by atoms with Crippen molar-refractivity contribution in [2.24, 2.45) is 0 Å². The maximum Gasteiger partial charge on any atom is 0.0229 e. The summed E-state index contributed by atoms with van der Waals surface area (Å²) in [5.41, 5.74) is 0. The van der Waals surface area contributed by atoms with Crippen LogP contribution in [-0.4, -0.2) is 5.75 Å². The van der Waals surface area contributed by atoms with Crippen molar-refractivity contribution in [2.45, 2.75) is 0 Å². The Bertz CT molecular complexity index is 46.8. The van der Waals surface area contributed by atoms with Gasteiger partial charge in [-0.1, -0.05) is 27.7 Å². The average molecular weight is 211 g/mol. The summed E-state index contributed by atoms with van der Waals surface area (Å²) in [6, 6.07) is 0. The van der Waals surface area contributed by atoms with Crippen molar-refractivity contribution in [1.82, 2.24) is 0 Å². The third kappa shape index (κ3) is 2.31. The Labute approximate surface area is 59.2 Å². The third-order valence-electron chi connectivity index (χ3n) is 0.384. The van der Waals surface area contributed by atoms with Crippen molar-refractivity contribution in [3.8, 4) is 0 Å². The van der Waals surface area contributed by atoms with E-state index in [1.807, 2.05) is 21.6 Å². The first kappa shape index (κ1) is 7.10. The SMILES string of the molecule is C1=CSSC1.[Pd]. The maximum atomic E-state index is 2.16. The molecule has 0 aromatic rings. The summed E-state index contributed by atoms with van der Waals surface area (Å²) in [7, 11) is 3.69. The number of rotatable bonds is 0. The minimum Gasteiger partial charge on any atom is -0.0854 e. The molecule has 38 valence electrons. The maximum absolute atomic E-state index is 2.16. The van der Waals surface area contributed by atoms with E-state index < -0.39 is 0 Å². The molecule has 0 atom stereocenters. The van der Waals surface area contributed by atoms with E-state index in [4.69, 9.17) is 0 Å². The zero-order chi connectivity index (χ0) is 3.54. The first-order valence-corrected chi connectivity index (χ1v) is 3.81. The van der Waals surface area contributed by atoms with Crippen LogP contribution in [0.25, 0.3) is 0 Å². The molecule has 6 heavy (non-hydrogen) atoms. The Morgan fingerprint density at radius 1 is 1.50 bits per heavy atom. The second kappa shape index (κ2) is 4.27. The molecule has 0 radical (unpaired) electrons. The van der Waals surface area contributed by atoms with Crippen LogP contribution in [0.5, 0.6) is 0 Å². The molecular formula is C3H4PdS2. The van der Waals surface area contributed by atoms with E-state index in [9.17, 15) is 0 Å². The van der Waals surface area contributed by atoms with Crippen LogP contribution in [0.2, 0.25) is 0 Å². The molecule has 1 aliphatic rings. The molecule has 0 saturated heterocycles. The van der Waals surface area contributed by atoms with Crippen molar-refractivity contribution >= 4 is 21.6 Å². The zero-order valence-corrected chi connectivity index (χ0v) is 6.18. The summed E-state index contributed by atoms with van der Waals surface area (Å²) in [5.74, 6) is 1.20. The largest absolute Gasteiger partial charge is 0.0854 e. The Morgan fingerprint density at radius 2 is 2.33 bits per heavy atom. The van der Waals surface area contributed by atoms with Crippen LogP contribution in [0.3, 0.4) is 0 Å². The molecule has 0 spiro atoms. The molecule has 0 N–H and O–H groups in total. The average Bonchev–Trinajstić information content (AvgIpc) is 1.76. The summed E-state index contributed by atoms with van der Waals surface area (Å²) in [5, 5.41) is 2.12. The molecule has 0 aromatic heterocycles. The van der Waals surface area contributed by atoms with Crippen LogP contribution in [0.4, 0.5) is 0 Å². The molecule has 0 unspecified atom stereocenters. The molecule has 1 aliphatic heterocycles. The quantitative estimate of drug-likeness (QED) is 0.443. The number of hydrogen-bond donors (Lipinski definition) is 0. The molecule has 1 heterocycles. The van der Waals surface area contributed by atoms with Crippen molar-refractivity contribution in [2.75, 3.05) is 5.75 Å². The normalized spacial score (nSPS) is 17.3. The molecule has 0 aromatic carbocycles.